The smallest absolute Gasteiger partial charge is 0.407 e. The number of hydrogen-bond donors (Lipinski definition) is 3. The molecule has 0 saturated carbocycles. The lowest BCUT2D eigenvalue weighted by Gasteiger charge is -2.41. The van der Waals surface area contributed by atoms with Crippen LogP contribution < -0.4 is 15.4 Å². The summed E-state index contributed by atoms with van der Waals surface area (Å²) in [5, 5.41) is 16.7. The van der Waals surface area contributed by atoms with Crippen molar-refractivity contribution in [1.29, 1.82) is 0 Å². The van der Waals surface area contributed by atoms with Crippen LogP contribution in [0.3, 0.4) is 0 Å². The van der Waals surface area contributed by atoms with Gasteiger partial charge in [-0.05, 0) is 30.2 Å². The molecule has 2 amide bonds. The van der Waals surface area contributed by atoms with Gasteiger partial charge in [0.2, 0.25) is 5.91 Å². The Bertz CT molecular complexity index is 1280. The summed E-state index contributed by atoms with van der Waals surface area (Å²) in [6, 6.07) is 13.1. The van der Waals surface area contributed by atoms with Crippen molar-refractivity contribution in [2.45, 2.75) is 19.0 Å². The van der Waals surface area contributed by atoms with Crippen LogP contribution in [0.4, 0.5) is 16.3 Å². The molecule has 0 aliphatic carbocycles. The third-order valence-corrected chi connectivity index (χ3v) is 6.69. The van der Waals surface area contributed by atoms with E-state index < -0.39 is 18.1 Å². The van der Waals surface area contributed by atoms with Gasteiger partial charge in [-0.3, -0.25) is 9.69 Å². The number of nitrogens with zero attached hydrogens (tertiary/aromatic N) is 4. The predicted octanol–water partition coefficient (Wildman–Crippen LogP) is 3.48. The zero-order valence-corrected chi connectivity index (χ0v) is 21.1. The predicted molar refractivity (Wildman–Crippen MR) is 142 cm³/mol. The molecule has 2 atom stereocenters. The van der Waals surface area contributed by atoms with Crippen LogP contribution in [0.15, 0.2) is 61.4 Å². The third-order valence-electron chi connectivity index (χ3n) is 6.69. The average molecular weight is 505 g/mol. The molecule has 2 heterocycles. The number of likely N-dealkylation sites (tertiary alicyclic amines) is 1. The van der Waals surface area contributed by atoms with Crippen molar-refractivity contribution in [3.05, 3.63) is 67.0 Å². The highest BCUT2D eigenvalue weighted by atomic mass is 16.5. The molecular weight excluding hydrogens is 472 g/mol. The third kappa shape index (κ3) is 5.80. The fourth-order valence-electron chi connectivity index (χ4n) is 4.95. The molecule has 10 nitrogen and oxygen atoms in total. The number of fused-ring (bicyclic) bond motifs is 1. The van der Waals surface area contributed by atoms with Gasteiger partial charge in [-0.1, -0.05) is 24.3 Å². The van der Waals surface area contributed by atoms with Crippen molar-refractivity contribution in [2.75, 3.05) is 39.1 Å². The standard InChI is InChI=1S/C27H32N6O4/c1-4-12-33(27(35)36)23-11-13-32(16-21(23)26(34)28-2)15-18-7-5-10-22-24(18)25(30-17-29-22)31-19-8-6-9-20(14-19)37-3/h4-10,14,17,21,23H,1,11-13,15-16H2,2-3H3,(H,28,34)(H,35,36)(H,29,30,31)/t21-,23-/m1/s1. The molecule has 3 aromatic rings. The molecule has 4 rings (SSSR count). The first-order chi connectivity index (χ1) is 17.9. The minimum absolute atomic E-state index is 0.174. The second-order valence-electron chi connectivity index (χ2n) is 8.93. The Morgan fingerprint density at radius 1 is 1.27 bits per heavy atom. The van der Waals surface area contributed by atoms with E-state index >= 15 is 0 Å². The molecular formula is C27H32N6O4. The maximum atomic E-state index is 12.8. The van der Waals surface area contributed by atoms with Gasteiger partial charge in [-0.25, -0.2) is 14.8 Å². The summed E-state index contributed by atoms with van der Waals surface area (Å²) in [6.07, 6.45) is 2.57. The lowest BCUT2D eigenvalue weighted by atomic mass is 9.89. The number of rotatable bonds is 9. The molecule has 10 heteroatoms. The molecule has 2 aromatic carbocycles. The quantitative estimate of drug-likeness (QED) is 0.379. The zero-order valence-electron chi connectivity index (χ0n) is 21.1. The van der Waals surface area contributed by atoms with Crippen molar-refractivity contribution in [1.82, 2.24) is 25.1 Å². The highest BCUT2D eigenvalue weighted by Gasteiger charge is 2.39. The van der Waals surface area contributed by atoms with E-state index in [0.29, 0.717) is 31.9 Å². The zero-order chi connectivity index (χ0) is 26.4. The van der Waals surface area contributed by atoms with Crippen LogP contribution in [0.1, 0.15) is 12.0 Å². The summed E-state index contributed by atoms with van der Waals surface area (Å²) < 4.78 is 5.34. The monoisotopic (exact) mass is 504 g/mol. The van der Waals surface area contributed by atoms with Crippen molar-refractivity contribution >= 4 is 34.4 Å². The van der Waals surface area contributed by atoms with Gasteiger partial charge in [0.15, 0.2) is 0 Å². The van der Waals surface area contributed by atoms with Crippen LogP contribution in [0, 0.1) is 5.92 Å². The molecule has 0 unspecified atom stereocenters. The Labute approximate surface area is 216 Å². The molecule has 0 spiro atoms. The van der Waals surface area contributed by atoms with E-state index in [1.54, 1.807) is 20.2 Å². The van der Waals surface area contributed by atoms with Crippen molar-refractivity contribution in [2.24, 2.45) is 5.92 Å². The first-order valence-corrected chi connectivity index (χ1v) is 12.1. The highest BCUT2D eigenvalue weighted by molar-refractivity contribution is 5.93. The highest BCUT2D eigenvalue weighted by Crippen LogP contribution is 2.30. The number of ether oxygens (including phenoxy) is 1. The summed E-state index contributed by atoms with van der Waals surface area (Å²) in [5.41, 5.74) is 2.66. The van der Waals surface area contributed by atoms with E-state index in [1.165, 1.54) is 11.2 Å². The Morgan fingerprint density at radius 2 is 2.08 bits per heavy atom. The molecule has 0 radical (unpaired) electrons. The average Bonchev–Trinajstić information content (AvgIpc) is 2.91. The van der Waals surface area contributed by atoms with Crippen LogP contribution >= 0.6 is 0 Å². The Morgan fingerprint density at radius 3 is 2.81 bits per heavy atom. The van der Waals surface area contributed by atoms with Crippen molar-refractivity contribution < 1.29 is 19.4 Å². The van der Waals surface area contributed by atoms with Gasteiger partial charge in [-0.2, -0.15) is 0 Å². The van der Waals surface area contributed by atoms with Gasteiger partial charge in [0, 0.05) is 56.4 Å². The number of piperidine rings is 1. The Balaban J connectivity index is 1.61. The van der Waals surface area contributed by atoms with Crippen LogP contribution in [0.5, 0.6) is 5.75 Å². The number of carbonyl (C=O) groups excluding carboxylic acids is 1. The molecule has 37 heavy (non-hydrogen) atoms. The summed E-state index contributed by atoms with van der Waals surface area (Å²) in [4.78, 5) is 37.2. The topological polar surface area (TPSA) is 120 Å². The second kappa shape index (κ2) is 11.7. The molecule has 194 valence electrons. The maximum Gasteiger partial charge on any atom is 0.407 e. The lowest BCUT2D eigenvalue weighted by Crippen LogP contribution is -2.56. The van der Waals surface area contributed by atoms with E-state index in [1.807, 2.05) is 42.5 Å². The van der Waals surface area contributed by atoms with E-state index in [0.717, 1.165) is 27.9 Å². The van der Waals surface area contributed by atoms with Gasteiger partial charge in [-0.15, -0.1) is 6.58 Å². The van der Waals surface area contributed by atoms with Crippen molar-refractivity contribution in [3.8, 4) is 5.75 Å². The fraction of sp³-hybridized carbons (Fsp3) is 0.333. The Kier molecular flexibility index (Phi) is 8.19. The summed E-state index contributed by atoms with van der Waals surface area (Å²) in [6.45, 7) is 5.48. The normalized spacial score (nSPS) is 17.7. The van der Waals surface area contributed by atoms with Gasteiger partial charge >= 0.3 is 6.09 Å². The minimum Gasteiger partial charge on any atom is -0.497 e. The number of anilines is 2. The second-order valence-corrected chi connectivity index (χ2v) is 8.93. The van der Waals surface area contributed by atoms with Crippen LogP contribution in [0.25, 0.3) is 10.9 Å². The molecule has 1 aromatic heterocycles. The summed E-state index contributed by atoms with van der Waals surface area (Å²) in [5.74, 6) is 0.732. The van der Waals surface area contributed by atoms with Crippen LogP contribution in [-0.4, -0.2) is 76.7 Å². The van der Waals surface area contributed by atoms with Gasteiger partial charge in [0.05, 0.1) is 18.5 Å². The molecule has 3 N–H and O–H groups in total. The number of carbonyl (C=O) groups is 2. The van der Waals surface area contributed by atoms with E-state index in [9.17, 15) is 14.7 Å². The number of amides is 2. The van der Waals surface area contributed by atoms with Gasteiger partial charge in [0.1, 0.15) is 17.9 Å². The molecule has 1 saturated heterocycles. The number of carboxylic acid groups (broad SMARTS) is 1. The molecule has 1 aliphatic rings. The van der Waals surface area contributed by atoms with Gasteiger partial charge in [0.25, 0.3) is 0 Å². The van der Waals surface area contributed by atoms with Crippen LogP contribution in [-0.2, 0) is 11.3 Å². The summed E-state index contributed by atoms with van der Waals surface area (Å²) in [7, 11) is 3.20. The van der Waals surface area contributed by atoms with E-state index in [4.69, 9.17) is 4.74 Å². The minimum atomic E-state index is -1.05. The first kappa shape index (κ1) is 25.9. The molecule has 1 fully saturated rings. The number of aromatic nitrogens is 2. The van der Waals surface area contributed by atoms with Crippen molar-refractivity contribution in [3.63, 3.8) is 0 Å². The van der Waals surface area contributed by atoms with Crippen LogP contribution in [0.2, 0.25) is 0 Å². The number of nitrogens with one attached hydrogen (secondary N) is 2. The molecule has 1 aliphatic heterocycles. The number of methoxy groups -OCH3 is 1. The number of hydrogen-bond acceptors (Lipinski definition) is 7. The number of benzene rings is 2. The Hall–Kier alpha value is -4.18. The first-order valence-electron chi connectivity index (χ1n) is 12.1. The fourth-order valence-corrected chi connectivity index (χ4v) is 4.95. The van der Waals surface area contributed by atoms with E-state index in [2.05, 4.69) is 32.1 Å². The lowest BCUT2D eigenvalue weighted by molar-refractivity contribution is -0.128. The molecule has 0 bridgehead atoms. The largest absolute Gasteiger partial charge is 0.497 e. The maximum absolute atomic E-state index is 12.8. The van der Waals surface area contributed by atoms with E-state index in [-0.39, 0.29) is 12.5 Å². The van der Waals surface area contributed by atoms with Gasteiger partial charge < -0.3 is 25.4 Å². The SMILES string of the molecule is C=CCN(C(=O)O)[C@@H]1CCN(Cc2cccc3ncnc(Nc4cccc(OC)c4)c23)C[C@H]1C(=O)NC. The summed E-state index contributed by atoms with van der Waals surface area (Å²) >= 11 is 0.